The molecular weight excluding hydrogens is 212 g/mol. The van der Waals surface area contributed by atoms with Gasteiger partial charge in [0.1, 0.15) is 0 Å². The van der Waals surface area contributed by atoms with Crippen LogP contribution in [0.3, 0.4) is 0 Å². The minimum absolute atomic E-state index is 0.0984. The predicted octanol–water partition coefficient (Wildman–Crippen LogP) is 3.51. The molecule has 3 heteroatoms. The highest BCUT2D eigenvalue weighted by Gasteiger charge is 2.60. The van der Waals surface area contributed by atoms with Crippen molar-refractivity contribution < 1.29 is 9.90 Å². The van der Waals surface area contributed by atoms with Crippen molar-refractivity contribution in [2.45, 2.75) is 34.1 Å². The number of carboxylic acid groups (broad SMARTS) is 1. The van der Waals surface area contributed by atoms with Gasteiger partial charge < -0.3 is 5.11 Å². The Morgan fingerprint density at radius 3 is 2.40 bits per heavy atom. The van der Waals surface area contributed by atoms with E-state index in [-0.39, 0.29) is 17.3 Å². The third-order valence-corrected chi connectivity index (χ3v) is 3.42. The van der Waals surface area contributed by atoms with Crippen LogP contribution in [0.4, 0.5) is 0 Å². The van der Waals surface area contributed by atoms with Crippen LogP contribution in [0.15, 0.2) is 11.1 Å². The molecule has 2 atom stereocenters. The molecule has 1 rings (SSSR count). The van der Waals surface area contributed by atoms with Gasteiger partial charge in [0.2, 0.25) is 0 Å². The van der Waals surface area contributed by atoms with Gasteiger partial charge in [0.15, 0.2) is 0 Å². The van der Waals surface area contributed by atoms with E-state index in [4.69, 9.17) is 16.7 Å². The summed E-state index contributed by atoms with van der Waals surface area (Å²) in [4.78, 5) is 10.9. The molecule has 15 heavy (non-hydrogen) atoms. The van der Waals surface area contributed by atoms with Gasteiger partial charge in [-0.25, -0.2) is 0 Å². The summed E-state index contributed by atoms with van der Waals surface area (Å²) in [7, 11) is 0. The molecule has 1 saturated carbocycles. The maximum Gasteiger partial charge on any atom is 0.307 e. The summed E-state index contributed by atoms with van der Waals surface area (Å²) in [5.74, 6) is -0.367. The van der Waals surface area contributed by atoms with Crippen LogP contribution in [0.2, 0.25) is 0 Å². The van der Waals surface area contributed by atoms with Gasteiger partial charge in [-0.3, -0.25) is 4.79 Å². The van der Waals surface area contributed by atoms with Crippen molar-refractivity contribution in [2.24, 2.45) is 23.2 Å². The Bertz CT molecular complexity index is 292. The quantitative estimate of drug-likeness (QED) is 0.803. The summed E-state index contributed by atoms with van der Waals surface area (Å²) >= 11 is 6.08. The number of carbonyl (C=O) groups is 1. The smallest absolute Gasteiger partial charge is 0.307 e. The summed E-state index contributed by atoms with van der Waals surface area (Å²) < 4.78 is 0. The maximum atomic E-state index is 10.9. The van der Waals surface area contributed by atoms with Gasteiger partial charge in [0.05, 0.1) is 5.92 Å². The Kier molecular flexibility index (Phi) is 3.49. The minimum Gasteiger partial charge on any atom is -0.481 e. The van der Waals surface area contributed by atoms with Gasteiger partial charge in [-0.1, -0.05) is 45.4 Å². The van der Waals surface area contributed by atoms with E-state index < -0.39 is 5.97 Å². The highest BCUT2D eigenvalue weighted by Crippen LogP contribution is 2.59. The largest absolute Gasteiger partial charge is 0.481 e. The predicted molar refractivity (Wildman–Crippen MR) is 61.8 cm³/mol. The fourth-order valence-corrected chi connectivity index (χ4v) is 2.56. The third kappa shape index (κ3) is 2.75. The van der Waals surface area contributed by atoms with Gasteiger partial charge in [0.25, 0.3) is 0 Å². The van der Waals surface area contributed by atoms with Crippen LogP contribution in [0.1, 0.15) is 34.1 Å². The normalized spacial score (nSPS) is 29.3. The van der Waals surface area contributed by atoms with Crippen LogP contribution in [0, 0.1) is 23.2 Å². The zero-order chi connectivity index (χ0) is 11.8. The lowest BCUT2D eigenvalue weighted by Gasteiger charge is -2.03. The first kappa shape index (κ1) is 12.6. The molecule has 86 valence electrons. The van der Waals surface area contributed by atoms with Crippen molar-refractivity contribution in [2.75, 3.05) is 0 Å². The number of hydrogen-bond acceptors (Lipinski definition) is 1. The fraction of sp³-hybridized carbons (Fsp3) is 0.750. The molecule has 1 aliphatic carbocycles. The van der Waals surface area contributed by atoms with Crippen LogP contribution in [0.5, 0.6) is 0 Å². The van der Waals surface area contributed by atoms with Gasteiger partial charge in [-0.15, -0.1) is 0 Å². The highest BCUT2D eigenvalue weighted by atomic mass is 35.5. The Labute approximate surface area is 96.3 Å². The van der Waals surface area contributed by atoms with Gasteiger partial charge in [-0.2, -0.15) is 0 Å². The Hall–Kier alpha value is -0.500. The lowest BCUT2D eigenvalue weighted by atomic mass is 10.1. The number of halogens is 1. The molecule has 0 radical (unpaired) electrons. The summed E-state index contributed by atoms with van der Waals surface area (Å²) in [6, 6.07) is 0. The molecule has 0 bridgehead atoms. The monoisotopic (exact) mass is 230 g/mol. The average Bonchev–Trinajstić information content (AvgIpc) is 2.50. The second-order valence-corrected chi connectivity index (χ2v) is 5.86. The molecule has 1 fully saturated rings. The zero-order valence-corrected chi connectivity index (χ0v) is 10.5. The number of hydrogen-bond donors (Lipinski definition) is 1. The van der Waals surface area contributed by atoms with E-state index in [1.165, 1.54) is 0 Å². The molecular formula is C12H19ClO2. The molecule has 0 aliphatic heterocycles. The first-order chi connectivity index (χ1) is 6.76. The van der Waals surface area contributed by atoms with Gasteiger partial charge in [-0.05, 0) is 23.7 Å². The van der Waals surface area contributed by atoms with Crippen molar-refractivity contribution in [3.8, 4) is 0 Å². The van der Waals surface area contributed by atoms with Crippen LogP contribution >= 0.6 is 11.6 Å². The Morgan fingerprint density at radius 1 is 1.53 bits per heavy atom. The van der Waals surface area contributed by atoms with Crippen LogP contribution in [-0.4, -0.2) is 11.1 Å². The first-order valence-electron chi connectivity index (χ1n) is 5.35. The standard InChI is InChI=1S/C12H19ClO2/c1-7(2)5-8(13)6-9-10(11(14)15)12(9,3)4/h6-7,9-10H,5H2,1-4H3,(H,14,15)/t9-,10+/m1/s1. The topological polar surface area (TPSA) is 37.3 Å². The second-order valence-electron chi connectivity index (χ2n) is 5.37. The fourth-order valence-electron chi connectivity index (χ4n) is 2.11. The number of allylic oxidation sites excluding steroid dienone is 2. The molecule has 1 N–H and O–H groups in total. The van der Waals surface area contributed by atoms with Gasteiger partial charge in [0, 0.05) is 5.03 Å². The molecule has 0 aromatic heterocycles. The molecule has 0 aromatic carbocycles. The van der Waals surface area contributed by atoms with Crippen LogP contribution in [0.25, 0.3) is 0 Å². The number of rotatable bonds is 4. The third-order valence-electron chi connectivity index (χ3n) is 3.14. The van der Waals surface area contributed by atoms with E-state index in [9.17, 15) is 4.79 Å². The molecule has 0 saturated heterocycles. The summed E-state index contributed by atoms with van der Waals surface area (Å²) in [5.41, 5.74) is -0.136. The summed E-state index contributed by atoms with van der Waals surface area (Å²) in [6.45, 7) is 8.16. The van der Waals surface area contributed by atoms with Crippen LogP contribution in [-0.2, 0) is 4.79 Å². The lowest BCUT2D eigenvalue weighted by Crippen LogP contribution is -2.03. The van der Waals surface area contributed by atoms with E-state index in [1.54, 1.807) is 0 Å². The molecule has 0 spiro atoms. The zero-order valence-electron chi connectivity index (χ0n) is 9.75. The van der Waals surface area contributed by atoms with Crippen LogP contribution < -0.4 is 0 Å². The SMILES string of the molecule is CC(C)CC(Cl)=C[C@@H]1[C@@H](C(=O)O)C1(C)C. The Balaban J connectivity index is 2.65. The van der Waals surface area contributed by atoms with Crippen molar-refractivity contribution in [1.82, 2.24) is 0 Å². The van der Waals surface area contributed by atoms with Crippen molar-refractivity contribution >= 4 is 17.6 Å². The van der Waals surface area contributed by atoms with E-state index in [2.05, 4.69) is 13.8 Å². The molecule has 1 aliphatic rings. The van der Waals surface area contributed by atoms with Gasteiger partial charge >= 0.3 is 5.97 Å². The minimum atomic E-state index is -0.713. The average molecular weight is 231 g/mol. The lowest BCUT2D eigenvalue weighted by molar-refractivity contribution is -0.139. The van der Waals surface area contributed by atoms with Crippen molar-refractivity contribution in [3.05, 3.63) is 11.1 Å². The second kappa shape index (κ2) is 4.17. The first-order valence-corrected chi connectivity index (χ1v) is 5.73. The maximum absolute atomic E-state index is 10.9. The molecule has 0 amide bonds. The highest BCUT2D eigenvalue weighted by molar-refractivity contribution is 6.29. The number of aliphatic carboxylic acids is 1. The molecule has 2 nitrogen and oxygen atoms in total. The van der Waals surface area contributed by atoms with E-state index in [0.717, 1.165) is 11.5 Å². The number of carboxylic acids is 1. The van der Waals surface area contributed by atoms with E-state index in [0.29, 0.717) is 5.92 Å². The van der Waals surface area contributed by atoms with Crippen molar-refractivity contribution in [3.63, 3.8) is 0 Å². The molecule has 0 heterocycles. The van der Waals surface area contributed by atoms with Crippen molar-refractivity contribution in [1.29, 1.82) is 0 Å². The van der Waals surface area contributed by atoms with E-state index in [1.807, 2.05) is 19.9 Å². The summed E-state index contributed by atoms with van der Waals surface area (Å²) in [6.07, 6.45) is 2.76. The molecule has 0 unspecified atom stereocenters. The Morgan fingerprint density at radius 2 is 2.07 bits per heavy atom. The summed E-state index contributed by atoms with van der Waals surface area (Å²) in [5, 5.41) is 9.78. The molecule has 0 aromatic rings. The van der Waals surface area contributed by atoms with E-state index >= 15 is 0 Å².